The van der Waals surface area contributed by atoms with Gasteiger partial charge in [-0.25, -0.2) is 0 Å². The van der Waals surface area contributed by atoms with Crippen LogP contribution in [-0.2, 0) is 10.8 Å². The van der Waals surface area contributed by atoms with Crippen molar-refractivity contribution in [2.24, 2.45) is 5.41 Å². The van der Waals surface area contributed by atoms with Gasteiger partial charge in [0.05, 0.1) is 11.5 Å². The molecule has 0 amide bonds. The second-order valence-electron chi connectivity index (χ2n) is 5.61. The monoisotopic (exact) mass is 229 g/mol. The Balaban J connectivity index is 3.75. The Hall–Kier alpha value is -0.360. The second kappa shape index (κ2) is 5.65. The lowest BCUT2D eigenvalue weighted by atomic mass is 9.89. The smallest absolute Gasteiger partial charge is 0.0683 e. The quantitative estimate of drug-likeness (QED) is 0.679. The molecule has 1 unspecified atom stereocenters. The standard InChI is InChI=1S/C12H23NOS/c1-11(2,3)15(14)9-7-6-8-12(4,5)10-13/h6-9H2,1-5H3. The van der Waals surface area contributed by atoms with Crippen LogP contribution in [0.25, 0.3) is 0 Å². The largest absolute Gasteiger partial charge is 0.259 e. The summed E-state index contributed by atoms with van der Waals surface area (Å²) in [6.45, 7) is 9.91. The number of rotatable bonds is 5. The van der Waals surface area contributed by atoms with Gasteiger partial charge in [0, 0.05) is 21.3 Å². The Kier molecular flexibility index (Phi) is 5.51. The lowest BCUT2D eigenvalue weighted by Gasteiger charge is -2.18. The van der Waals surface area contributed by atoms with Gasteiger partial charge in [-0.1, -0.05) is 6.42 Å². The van der Waals surface area contributed by atoms with Crippen molar-refractivity contribution in [3.63, 3.8) is 0 Å². The third kappa shape index (κ3) is 6.67. The fourth-order valence-electron chi connectivity index (χ4n) is 1.16. The molecule has 0 aromatic rings. The van der Waals surface area contributed by atoms with Crippen LogP contribution in [0.3, 0.4) is 0 Å². The molecular weight excluding hydrogens is 206 g/mol. The molecule has 0 N–H and O–H groups in total. The van der Waals surface area contributed by atoms with Crippen molar-refractivity contribution < 1.29 is 4.21 Å². The molecule has 0 rings (SSSR count). The van der Waals surface area contributed by atoms with Crippen molar-refractivity contribution in [3.05, 3.63) is 0 Å². The molecule has 0 aliphatic heterocycles. The molecular formula is C12H23NOS. The van der Waals surface area contributed by atoms with E-state index in [4.69, 9.17) is 5.26 Å². The van der Waals surface area contributed by atoms with Gasteiger partial charge < -0.3 is 0 Å². The molecule has 0 spiro atoms. The summed E-state index contributed by atoms with van der Waals surface area (Å²) in [5, 5.41) is 8.82. The van der Waals surface area contributed by atoms with Gasteiger partial charge in [0.2, 0.25) is 0 Å². The maximum atomic E-state index is 11.7. The number of nitrogens with zero attached hydrogens (tertiary/aromatic N) is 1. The van der Waals surface area contributed by atoms with Crippen LogP contribution in [0, 0.1) is 16.7 Å². The van der Waals surface area contributed by atoms with E-state index in [-0.39, 0.29) is 10.2 Å². The summed E-state index contributed by atoms with van der Waals surface area (Å²) in [4.78, 5) is 0. The van der Waals surface area contributed by atoms with Crippen molar-refractivity contribution in [2.75, 3.05) is 5.75 Å². The maximum absolute atomic E-state index is 11.7. The topological polar surface area (TPSA) is 40.9 Å². The van der Waals surface area contributed by atoms with E-state index in [1.165, 1.54) is 0 Å². The van der Waals surface area contributed by atoms with Crippen LogP contribution < -0.4 is 0 Å². The molecule has 2 nitrogen and oxygen atoms in total. The van der Waals surface area contributed by atoms with Crippen molar-refractivity contribution in [1.82, 2.24) is 0 Å². The molecule has 0 fully saturated rings. The molecule has 0 heterocycles. The number of hydrogen-bond acceptors (Lipinski definition) is 2. The minimum atomic E-state index is -0.750. The van der Waals surface area contributed by atoms with Gasteiger partial charge in [0.1, 0.15) is 0 Å². The molecule has 0 aromatic carbocycles. The van der Waals surface area contributed by atoms with E-state index in [2.05, 4.69) is 6.07 Å². The zero-order valence-corrected chi connectivity index (χ0v) is 11.4. The van der Waals surface area contributed by atoms with E-state index in [0.717, 1.165) is 25.0 Å². The first kappa shape index (κ1) is 14.6. The Morgan fingerprint density at radius 2 is 1.67 bits per heavy atom. The first-order valence-corrected chi connectivity index (χ1v) is 6.81. The minimum absolute atomic E-state index is 0.106. The van der Waals surface area contributed by atoms with E-state index in [1.807, 2.05) is 34.6 Å². The van der Waals surface area contributed by atoms with E-state index in [0.29, 0.717) is 0 Å². The SMILES string of the molecule is CC(C)(C#N)CCCCS(=O)C(C)(C)C. The summed E-state index contributed by atoms with van der Waals surface area (Å²) in [5.41, 5.74) is -0.233. The fourth-order valence-corrected chi connectivity index (χ4v) is 2.24. The van der Waals surface area contributed by atoms with Gasteiger partial charge >= 0.3 is 0 Å². The van der Waals surface area contributed by atoms with Crippen LogP contribution in [0.2, 0.25) is 0 Å². The predicted octanol–water partition coefficient (Wildman–Crippen LogP) is 3.25. The van der Waals surface area contributed by atoms with Crippen molar-refractivity contribution in [3.8, 4) is 6.07 Å². The molecule has 0 saturated heterocycles. The second-order valence-corrected chi connectivity index (χ2v) is 7.94. The van der Waals surface area contributed by atoms with Crippen molar-refractivity contribution in [1.29, 1.82) is 5.26 Å². The number of unbranched alkanes of at least 4 members (excludes halogenated alkanes) is 1. The normalized spacial score (nSPS) is 14.7. The van der Waals surface area contributed by atoms with Gasteiger partial charge in [-0.05, 0) is 47.5 Å². The van der Waals surface area contributed by atoms with Crippen LogP contribution in [0.4, 0.5) is 0 Å². The van der Waals surface area contributed by atoms with Gasteiger partial charge in [-0.15, -0.1) is 0 Å². The Morgan fingerprint density at radius 3 is 2.07 bits per heavy atom. The average Bonchev–Trinajstić information content (AvgIpc) is 2.10. The van der Waals surface area contributed by atoms with Crippen LogP contribution in [-0.4, -0.2) is 14.7 Å². The average molecular weight is 229 g/mol. The van der Waals surface area contributed by atoms with Crippen molar-refractivity contribution in [2.45, 2.75) is 58.6 Å². The van der Waals surface area contributed by atoms with E-state index >= 15 is 0 Å². The first-order chi connectivity index (χ1) is 6.69. The molecule has 88 valence electrons. The highest BCUT2D eigenvalue weighted by Gasteiger charge is 2.20. The molecule has 0 aliphatic carbocycles. The highest BCUT2D eigenvalue weighted by molar-refractivity contribution is 7.86. The predicted molar refractivity (Wildman–Crippen MR) is 66.0 cm³/mol. The summed E-state index contributed by atoms with van der Waals surface area (Å²) >= 11 is 0. The minimum Gasteiger partial charge on any atom is -0.259 e. The Labute approximate surface area is 96.5 Å². The third-order valence-corrected chi connectivity index (χ3v) is 4.39. The third-order valence-electron chi connectivity index (χ3n) is 2.37. The molecule has 0 radical (unpaired) electrons. The highest BCUT2D eigenvalue weighted by Crippen LogP contribution is 2.22. The highest BCUT2D eigenvalue weighted by atomic mass is 32.2. The summed E-state index contributed by atoms with van der Waals surface area (Å²) in [7, 11) is -0.750. The lowest BCUT2D eigenvalue weighted by molar-refractivity contribution is 0.432. The Bertz CT molecular complexity index is 258. The number of hydrogen-bond donors (Lipinski definition) is 0. The number of nitriles is 1. The van der Waals surface area contributed by atoms with Crippen LogP contribution in [0.15, 0.2) is 0 Å². The van der Waals surface area contributed by atoms with Gasteiger partial charge in [0.15, 0.2) is 0 Å². The first-order valence-electron chi connectivity index (χ1n) is 5.49. The molecule has 15 heavy (non-hydrogen) atoms. The van der Waals surface area contributed by atoms with Crippen LogP contribution in [0.1, 0.15) is 53.9 Å². The lowest BCUT2D eigenvalue weighted by Crippen LogP contribution is -2.24. The van der Waals surface area contributed by atoms with E-state index < -0.39 is 10.8 Å². The molecule has 0 saturated carbocycles. The summed E-state index contributed by atoms with van der Waals surface area (Å²) in [6, 6.07) is 2.28. The molecule has 0 aliphatic rings. The molecule has 0 aromatic heterocycles. The van der Waals surface area contributed by atoms with Crippen LogP contribution >= 0.6 is 0 Å². The molecule has 0 bridgehead atoms. The Morgan fingerprint density at radius 1 is 1.13 bits per heavy atom. The van der Waals surface area contributed by atoms with Gasteiger partial charge in [0.25, 0.3) is 0 Å². The van der Waals surface area contributed by atoms with E-state index in [9.17, 15) is 4.21 Å². The summed E-state index contributed by atoms with van der Waals surface area (Å²) in [5.74, 6) is 0.755. The molecule has 1 atom stereocenters. The maximum Gasteiger partial charge on any atom is 0.0683 e. The zero-order valence-electron chi connectivity index (χ0n) is 10.6. The molecule has 3 heteroatoms. The van der Waals surface area contributed by atoms with E-state index in [1.54, 1.807) is 0 Å². The zero-order chi connectivity index (χ0) is 12.1. The van der Waals surface area contributed by atoms with Gasteiger partial charge in [-0.2, -0.15) is 5.26 Å². The van der Waals surface area contributed by atoms with Crippen molar-refractivity contribution >= 4 is 10.8 Å². The van der Waals surface area contributed by atoms with Crippen LogP contribution in [0.5, 0.6) is 0 Å². The summed E-state index contributed by atoms with van der Waals surface area (Å²) in [6.07, 6.45) is 2.84. The van der Waals surface area contributed by atoms with Gasteiger partial charge in [-0.3, -0.25) is 4.21 Å². The summed E-state index contributed by atoms with van der Waals surface area (Å²) < 4.78 is 11.6. The fraction of sp³-hybridized carbons (Fsp3) is 0.917.